The first-order valence-corrected chi connectivity index (χ1v) is 8.62. The molecule has 7 heteroatoms. The molecule has 1 unspecified atom stereocenters. The third-order valence-electron chi connectivity index (χ3n) is 4.13. The Morgan fingerprint density at radius 2 is 2.12 bits per heavy atom. The summed E-state index contributed by atoms with van der Waals surface area (Å²) in [5, 5.41) is 6.71. The second kappa shape index (κ2) is 11.2. The minimum Gasteiger partial charge on any atom is -0.496 e. The van der Waals surface area contributed by atoms with Crippen molar-refractivity contribution in [1.82, 2.24) is 15.5 Å². The molecule has 1 amide bonds. The maximum atomic E-state index is 11.8. The van der Waals surface area contributed by atoms with Crippen LogP contribution in [-0.2, 0) is 11.3 Å². The summed E-state index contributed by atoms with van der Waals surface area (Å²) in [5.41, 5.74) is 1.05. The van der Waals surface area contributed by atoms with E-state index in [9.17, 15) is 4.79 Å². The molecular weight excluding hydrogens is 431 g/mol. The summed E-state index contributed by atoms with van der Waals surface area (Å²) in [6.07, 6.45) is 1.51. The van der Waals surface area contributed by atoms with E-state index < -0.39 is 0 Å². The average Bonchev–Trinajstić information content (AvgIpc) is 3.08. The number of methoxy groups -OCH3 is 1. The molecule has 0 bridgehead atoms. The van der Waals surface area contributed by atoms with E-state index in [2.05, 4.69) is 15.6 Å². The number of aliphatic imine (C=N–C) groups is 1. The molecule has 2 N–H and O–H groups in total. The Hall–Kier alpha value is -1.51. The van der Waals surface area contributed by atoms with Gasteiger partial charge >= 0.3 is 0 Å². The van der Waals surface area contributed by atoms with Crippen molar-refractivity contribution in [1.29, 1.82) is 0 Å². The Labute approximate surface area is 167 Å². The van der Waals surface area contributed by atoms with Crippen LogP contribution in [0.5, 0.6) is 5.75 Å². The third kappa shape index (κ3) is 6.37. The number of para-hydroxylation sites is 1. The Bertz CT molecular complexity index is 580. The first kappa shape index (κ1) is 21.5. The molecule has 0 spiro atoms. The van der Waals surface area contributed by atoms with Gasteiger partial charge in [0.2, 0.25) is 5.91 Å². The third-order valence-corrected chi connectivity index (χ3v) is 4.13. The van der Waals surface area contributed by atoms with Crippen LogP contribution in [0.25, 0.3) is 0 Å². The van der Waals surface area contributed by atoms with Gasteiger partial charge in [0, 0.05) is 37.7 Å². The van der Waals surface area contributed by atoms with Crippen molar-refractivity contribution in [2.45, 2.75) is 39.3 Å². The minimum absolute atomic E-state index is 0. The fraction of sp³-hybridized carbons (Fsp3) is 0.556. The van der Waals surface area contributed by atoms with Gasteiger partial charge in [-0.2, -0.15) is 0 Å². The molecule has 140 valence electrons. The highest BCUT2D eigenvalue weighted by Gasteiger charge is 2.25. The molecule has 1 aromatic rings. The molecule has 1 aromatic carbocycles. The molecule has 1 atom stereocenters. The highest BCUT2D eigenvalue weighted by atomic mass is 127. The van der Waals surface area contributed by atoms with E-state index in [1.807, 2.05) is 43.0 Å². The Morgan fingerprint density at radius 3 is 2.80 bits per heavy atom. The summed E-state index contributed by atoms with van der Waals surface area (Å²) >= 11 is 0. The van der Waals surface area contributed by atoms with Crippen LogP contribution in [0, 0.1) is 0 Å². The van der Waals surface area contributed by atoms with Crippen LogP contribution in [0.3, 0.4) is 0 Å². The van der Waals surface area contributed by atoms with Crippen LogP contribution >= 0.6 is 24.0 Å². The number of hydrogen-bond acceptors (Lipinski definition) is 3. The summed E-state index contributed by atoms with van der Waals surface area (Å²) in [4.78, 5) is 18.4. The lowest BCUT2D eigenvalue weighted by Crippen LogP contribution is -2.45. The number of carbonyl (C=O) groups is 1. The van der Waals surface area contributed by atoms with E-state index in [1.165, 1.54) is 0 Å². The molecule has 1 heterocycles. The summed E-state index contributed by atoms with van der Waals surface area (Å²) in [6.45, 7) is 6.84. The normalized spacial score (nSPS) is 17.0. The number of amides is 1. The maximum absolute atomic E-state index is 11.8. The van der Waals surface area contributed by atoms with Crippen molar-refractivity contribution in [2.75, 3.05) is 26.7 Å². The molecule has 1 aliphatic rings. The number of likely N-dealkylation sites (tertiary alicyclic amines) is 1. The predicted molar refractivity (Wildman–Crippen MR) is 112 cm³/mol. The van der Waals surface area contributed by atoms with Crippen molar-refractivity contribution in [3.05, 3.63) is 29.8 Å². The van der Waals surface area contributed by atoms with Gasteiger partial charge in [-0.15, -0.1) is 24.0 Å². The number of benzene rings is 1. The van der Waals surface area contributed by atoms with Crippen molar-refractivity contribution >= 4 is 35.8 Å². The van der Waals surface area contributed by atoms with Gasteiger partial charge in [0.25, 0.3) is 0 Å². The zero-order valence-corrected chi connectivity index (χ0v) is 17.6. The van der Waals surface area contributed by atoms with E-state index in [4.69, 9.17) is 4.74 Å². The lowest BCUT2D eigenvalue weighted by Gasteiger charge is -2.18. The SMILES string of the molecule is CCNC(=NCc1ccccc1OC)NC1CCN(C(=O)CC)C1.I. The first-order valence-electron chi connectivity index (χ1n) is 8.62. The van der Waals surface area contributed by atoms with Gasteiger partial charge in [-0.05, 0) is 19.4 Å². The summed E-state index contributed by atoms with van der Waals surface area (Å²) < 4.78 is 5.37. The molecule has 6 nitrogen and oxygen atoms in total. The molecule has 25 heavy (non-hydrogen) atoms. The largest absolute Gasteiger partial charge is 0.496 e. The first-order chi connectivity index (χ1) is 11.7. The molecule has 0 aromatic heterocycles. The summed E-state index contributed by atoms with van der Waals surface area (Å²) in [5.74, 6) is 1.84. The van der Waals surface area contributed by atoms with Crippen molar-refractivity contribution in [2.24, 2.45) is 4.99 Å². The molecule has 0 aliphatic carbocycles. The van der Waals surface area contributed by atoms with E-state index in [0.717, 1.165) is 43.3 Å². The number of nitrogens with zero attached hydrogens (tertiary/aromatic N) is 2. The van der Waals surface area contributed by atoms with Crippen LogP contribution in [0.15, 0.2) is 29.3 Å². The van der Waals surface area contributed by atoms with Crippen LogP contribution in [-0.4, -0.2) is 49.6 Å². The van der Waals surface area contributed by atoms with Crippen LogP contribution < -0.4 is 15.4 Å². The molecule has 2 rings (SSSR count). The molecule has 1 saturated heterocycles. The van der Waals surface area contributed by atoms with Crippen molar-refractivity contribution in [3.8, 4) is 5.75 Å². The standard InChI is InChI=1S/C18H28N4O2.HI/c1-4-17(23)22-11-10-15(13-22)21-18(19-5-2)20-12-14-8-6-7-9-16(14)24-3;/h6-9,15H,4-5,10-13H2,1-3H3,(H2,19,20,21);1H. The number of rotatable bonds is 6. The fourth-order valence-corrected chi connectivity index (χ4v) is 2.84. The molecule has 0 saturated carbocycles. The number of hydrogen-bond donors (Lipinski definition) is 2. The fourth-order valence-electron chi connectivity index (χ4n) is 2.84. The summed E-state index contributed by atoms with van der Waals surface area (Å²) in [6, 6.07) is 8.14. The lowest BCUT2D eigenvalue weighted by molar-refractivity contribution is -0.129. The highest BCUT2D eigenvalue weighted by Crippen LogP contribution is 2.18. The zero-order chi connectivity index (χ0) is 17.4. The molecular formula is C18H29IN4O2. The van der Waals surface area contributed by atoms with Gasteiger partial charge in [0.1, 0.15) is 5.75 Å². The Morgan fingerprint density at radius 1 is 1.36 bits per heavy atom. The highest BCUT2D eigenvalue weighted by molar-refractivity contribution is 14.0. The number of carbonyl (C=O) groups excluding carboxylic acids is 1. The average molecular weight is 460 g/mol. The van der Waals surface area contributed by atoms with Gasteiger partial charge in [-0.25, -0.2) is 4.99 Å². The van der Waals surface area contributed by atoms with Gasteiger partial charge in [-0.3, -0.25) is 4.79 Å². The molecule has 1 aliphatic heterocycles. The predicted octanol–water partition coefficient (Wildman–Crippen LogP) is 2.38. The van der Waals surface area contributed by atoms with Crippen LogP contribution in [0.4, 0.5) is 0 Å². The Kier molecular flexibility index (Phi) is 9.62. The smallest absolute Gasteiger partial charge is 0.222 e. The second-order valence-corrected chi connectivity index (χ2v) is 5.83. The lowest BCUT2D eigenvalue weighted by atomic mass is 10.2. The maximum Gasteiger partial charge on any atom is 0.222 e. The van der Waals surface area contributed by atoms with E-state index >= 15 is 0 Å². The van der Waals surface area contributed by atoms with Crippen molar-refractivity contribution < 1.29 is 9.53 Å². The van der Waals surface area contributed by atoms with E-state index in [-0.39, 0.29) is 35.9 Å². The summed E-state index contributed by atoms with van der Waals surface area (Å²) in [7, 11) is 1.67. The number of nitrogens with one attached hydrogen (secondary N) is 2. The van der Waals surface area contributed by atoms with Gasteiger partial charge in [0.15, 0.2) is 5.96 Å². The second-order valence-electron chi connectivity index (χ2n) is 5.83. The van der Waals surface area contributed by atoms with Crippen LogP contribution in [0.1, 0.15) is 32.3 Å². The van der Waals surface area contributed by atoms with E-state index in [1.54, 1.807) is 7.11 Å². The van der Waals surface area contributed by atoms with Gasteiger partial charge in [-0.1, -0.05) is 25.1 Å². The number of guanidine groups is 1. The van der Waals surface area contributed by atoms with E-state index in [0.29, 0.717) is 13.0 Å². The molecule has 0 radical (unpaired) electrons. The topological polar surface area (TPSA) is 66.0 Å². The van der Waals surface area contributed by atoms with Gasteiger partial charge in [0.05, 0.1) is 13.7 Å². The zero-order valence-electron chi connectivity index (χ0n) is 15.2. The minimum atomic E-state index is 0. The number of halogens is 1. The quantitative estimate of drug-likeness (QED) is 0.389. The van der Waals surface area contributed by atoms with Crippen molar-refractivity contribution in [3.63, 3.8) is 0 Å². The van der Waals surface area contributed by atoms with Gasteiger partial charge < -0.3 is 20.3 Å². The van der Waals surface area contributed by atoms with Crippen LogP contribution in [0.2, 0.25) is 0 Å². The molecule has 1 fully saturated rings. The monoisotopic (exact) mass is 460 g/mol. The Balaban J connectivity index is 0.00000312. The number of ether oxygens (including phenoxy) is 1.